The summed E-state index contributed by atoms with van der Waals surface area (Å²) in [6.45, 7) is 19.7. The van der Waals surface area contributed by atoms with E-state index in [1.165, 1.54) is 54.6 Å². The van der Waals surface area contributed by atoms with Crippen molar-refractivity contribution in [1.82, 2.24) is 10.2 Å². The third-order valence-corrected chi connectivity index (χ3v) is 6.88. The van der Waals surface area contributed by atoms with Gasteiger partial charge in [-0.2, -0.15) is 0 Å². The molecule has 0 unspecified atom stereocenters. The van der Waals surface area contributed by atoms with Crippen molar-refractivity contribution in [3.05, 3.63) is 70.3 Å². The van der Waals surface area contributed by atoms with Crippen molar-refractivity contribution in [3.63, 3.8) is 0 Å². The minimum Gasteiger partial charge on any atom is -0.316 e. The Kier molecular flexibility index (Phi) is 17.1. The van der Waals surface area contributed by atoms with Crippen molar-refractivity contribution < 1.29 is 4.79 Å². The van der Waals surface area contributed by atoms with E-state index in [0.29, 0.717) is 12.2 Å². The molecule has 0 bridgehead atoms. The zero-order chi connectivity index (χ0) is 26.8. The molecule has 3 heteroatoms. The zero-order valence-electron chi connectivity index (χ0n) is 24.5. The number of fused-ring (bicyclic) bond motifs is 1. The topological polar surface area (TPSA) is 32.3 Å². The van der Waals surface area contributed by atoms with Crippen molar-refractivity contribution >= 4 is 5.78 Å². The maximum atomic E-state index is 12.7. The van der Waals surface area contributed by atoms with Crippen LogP contribution < -0.4 is 5.32 Å². The van der Waals surface area contributed by atoms with Crippen LogP contribution in [0.25, 0.3) is 0 Å². The number of likely N-dealkylation sites (tertiary alicyclic amines) is 1. The minimum atomic E-state index is 0.326. The highest BCUT2D eigenvalue weighted by Crippen LogP contribution is 2.25. The number of piperidine rings is 1. The average molecular weight is 495 g/mol. The summed E-state index contributed by atoms with van der Waals surface area (Å²) in [5, 5.41) is 3.44. The first-order chi connectivity index (χ1) is 17.7. The summed E-state index contributed by atoms with van der Waals surface area (Å²) in [5.74, 6) is 1.11. The second kappa shape index (κ2) is 19.2. The van der Waals surface area contributed by atoms with Gasteiger partial charge in [0.25, 0.3) is 0 Å². The van der Waals surface area contributed by atoms with Crippen LogP contribution in [0.1, 0.15) is 106 Å². The van der Waals surface area contributed by atoms with E-state index in [0.717, 1.165) is 50.4 Å². The van der Waals surface area contributed by atoms with Gasteiger partial charge in [0.1, 0.15) is 0 Å². The van der Waals surface area contributed by atoms with Crippen molar-refractivity contribution in [2.75, 3.05) is 26.2 Å². The lowest BCUT2D eigenvalue weighted by molar-refractivity contribution is 0.0974. The Bertz CT molecular complexity index is 853. The first-order valence-electron chi connectivity index (χ1n) is 14.8. The Hall–Kier alpha value is -1.97. The minimum absolute atomic E-state index is 0.326. The molecule has 1 N–H and O–H groups in total. The van der Waals surface area contributed by atoms with Crippen LogP contribution in [0.5, 0.6) is 0 Å². The van der Waals surface area contributed by atoms with Gasteiger partial charge in [-0.1, -0.05) is 83.5 Å². The Morgan fingerprint density at radius 2 is 1.56 bits per heavy atom. The monoisotopic (exact) mass is 494 g/mol. The summed E-state index contributed by atoms with van der Waals surface area (Å²) < 4.78 is 0. The number of hydrogen-bond acceptors (Lipinski definition) is 3. The number of hydrogen-bond donors (Lipinski definition) is 1. The summed E-state index contributed by atoms with van der Waals surface area (Å²) in [4.78, 5) is 15.3. The van der Waals surface area contributed by atoms with Gasteiger partial charge in [0.15, 0.2) is 5.78 Å². The van der Waals surface area contributed by atoms with Crippen LogP contribution in [-0.2, 0) is 19.4 Å². The van der Waals surface area contributed by atoms with Crippen molar-refractivity contribution in [1.29, 1.82) is 0 Å². The number of aryl methyl sites for hydroxylation is 1. The van der Waals surface area contributed by atoms with Crippen LogP contribution in [0, 0.1) is 12.8 Å². The Morgan fingerprint density at radius 3 is 2.22 bits per heavy atom. The summed E-state index contributed by atoms with van der Waals surface area (Å²) >= 11 is 0. The van der Waals surface area contributed by atoms with E-state index in [-0.39, 0.29) is 0 Å². The molecule has 0 amide bonds. The maximum absolute atomic E-state index is 12.7. The van der Waals surface area contributed by atoms with Gasteiger partial charge in [-0.25, -0.2) is 0 Å². The molecule has 0 aliphatic carbocycles. The van der Waals surface area contributed by atoms with E-state index >= 15 is 0 Å². The molecule has 2 aliphatic rings. The number of nitrogens with zero attached hydrogens (tertiary/aromatic N) is 1. The highest BCUT2D eigenvalue weighted by Gasteiger charge is 2.20. The molecule has 2 aromatic carbocycles. The maximum Gasteiger partial charge on any atom is 0.162 e. The number of ketones is 1. The zero-order valence-corrected chi connectivity index (χ0v) is 24.5. The number of carbonyl (C=O) groups is 1. The van der Waals surface area contributed by atoms with Gasteiger partial charge >= 0.3 is 0 Å². The highest BCUT2D eigenvalue weighted by atomic mass is 16.1. The van der Waals surface area contributed by atoms with Crippen LogP contribution in [0.2, 0.25) is 0 Å². The molecule has 2 heterocycles. The van der Waals surface area contributed by atoms with Gasteiger partial charge in [0.2, 0.25) is 0 Å². The molecule has 0 aromatic heterocycles. The van der Waals surface area contributed by atoms with Crippen LogP contribution in [0.4, 0.5) is 0 Å². The molecule has 1 saturated heterocycles. The number of Topliss-reactive ketones (excluding diaryl/α,β-unsaturated/α-hetero) is 1. The van der Waals surface area contributed by atoms with E-state index in [9.17, 15) is 4.79 Å². The first-order valence-corrected chi connectivity index (χ1v) is 14.8. The molecule has 0 radical (unpaired) electrons. The van der Waals surface area contributed by atoms with Crippen LogP contribution in [0.15, 0.2) is 42.5 Å². The largest absolute Gasteiger partial charge is 0.316 e. The predicted molar refractivity (Wildman–Crippen MR) is 158 cm³/mol. The number of benzene rings is 2. The van der Waals surface area contributed by atoms with Crippen LogP contribution in [-0.4, -0.2) is 36.9 Å². The SMILES string of the molecule is CC.CC.CC.Cc1cccc(CN2CCC(CCCC(=O)c3ccc4c(c3)CCNCC4)CC2)c1. The molecule has 0 spiro atoms. The van der Waals surface area contributed by atoms with Gasteiger partial charge in [-0.15, -0.1) is 0 Å². The van der Waals surface area contributed by atoms with E-state index in [2.05, 4.69) is 59.6 Å². The van der Waals surface area contributed by atoms with Gasteiger partial charge < -0.3 is 5.32 Å². The molecule has 2 aliphatic heterocycles. The summed E-state index contributed by atoms with van der Waals surface area (Å²) in [6.07, 6.45) is 7.57. The summed E-state index contributed by atoms with van der Waals surface area (Å²) in [7, 11) is 0. The predicted octanol–water partition coefficient (Wildman–Crippen LogP) is 8.03. The van der Waals surface area contributed by atoms with Crippen LogP contribution >= 0.6 is 0 Å². The third-order valence-electron chi connectivity index (χ3n) is 6.88. The van der Waals surface area contributed by atoms with Gasteiger partial charge in [-0.05, 0) is 100 Å². The standard InChI is InChI=1S/C27H36N2O.3C2H6/c1-21-4-2-6-23(18-21)20-29-16-12-22(13-17-29)5-3-7-27(30)26-9-8-24-10-14-28-15-11-25(24)19-26;3*1-2/h2,4,6,8-9,18-19,22,28H,3,5,7,10-17,20H2,1H3;3*1-2H3. The lowest BCUT2D eigenvalue weighted by Crippen LogP contribution is -2.33. The van der Waals surface area contributed by atoms with Gasteiger partial charge in [0, 0.05) is 18.5 Å². The molecule has 3 nitrogen and oxygen atoms in total. The highest BCUT2D eigenvalue weighted by molar-refractivity contribution is 5.96. The fourth-order valence-corrected chi connectivity index (χ4v) is 5.04. The summed E-state index contributed by atoms with van der Waals surface area (Å²) in [6, 6.07) is 15.3. The molecular weight excluding hydrogens is 440 g/mol. The van der Waals surface area contributed by atoms with Crippen molar-refractivity contribution in [2.24, 2.45) is 5.92 Å². The van der Waals surface area contributed by atoms with Crippen LogP contribution in [0.3, 0.4) is 0 Å². The first kappa shape index (κ1) is 32.1. The fraction of sp³-hybridized carbons (Fsp3) is 0.606. The molecular formula is C33H54N2O. The third kappa shape index (κ3) is 11.0. The molecule has 0 saturated carbocycles. The second-order valence-corrected chi connectivity index (χ2v) is 9.26. The second-order valence-electron chi connectivity index (χ2n) is 9.26. The molecule has 0 atom stereocenters. The number of rotatable bonds is 7. The van der Waals surface area contributed by atoms with E-state index < -0.39 is 0 Å². The van der Waals surface area contributed by atoms with E-state index in [4.69, 9.17) is 0 Å². The lowest BCUT2D eigenvalue weighted by Gasteiger charge is -2.32. The Labute approximate surface area is 223 Å². The molecule has 1 fully saturated rings. The van der Waals surface area contributed by atoms with Gasteiger partial charge in [-0.3, -0.25) is 9.69 Å². The van der Waals surface area contributed by atoms with E-state index in [1.54, 1.807) is 0 Å². The molecule has 36 heavy (non-hydrogen) atoms. The average Bonchev–Trinajstić information content (AvgIpc) is 3.18. The lowest BCUT2D eigenvalue weighted by atomic mass is 9.90. The van der Waals surface area contributed by atoms with Crippen molar-refractivity contribution in [2.45, 2.75) is 100.0 Å². The number of carbonyl (C=O) groups excluding carboxylic acids is 1. The summed E-state index contributed by atoms with van der Waals surface area (Å²) in [5.41, 5.74) is 6.47. The smallest absolute Gasteiger partial charge is 0.162 e. The van der Waals surface area contributed by atoms with Crippen molar-refractivity contribution in [3.8, 4) is 0 Å². The number of nitrogens with one attached hydrogen (secondary N) is 1. The quantitative estimate of drug-likeness (QED) is 0.395. The Balaban J connectivity index is 0.00000101. The molecule has 4 rings (SSSR count). The normalized spacial score (nSPS) is 15.5. The van der Waals surface area contributed by atoms with Gasteiger partial charge in [0.05, 0.1) is 0 Å². The fourth-order valence-electron chi connectivity index (χ4n) is 5.04. The van der Waals surface area contributed by atoms with E-state index in [1.807, 2.05) is 41.5 Å². The molecule has 2 aromatic rings. The Morgan fingerprint density at radius 1 is 0.889 bits per heavy atom. The molecule has 202 valence electrons.